The molecule has 0 bridgehead atoms. The van der Waals surface area contributed by atoms with Gasteiger partial charge in [-0.05, 0) is 30.7 Å². The maximum atomic E-state index is 13.7. The van der Waals surface area contributed by atoms with Gasteiger partial charge >= 0.3 is 5.69 Å². The van der Waals surface area contributed by atoms with Crippen molar-refractivity contribution in [1.82, 2.24) is 13.7 Å². The third-order valence-electron chi connectivity index (χ3n) is 7.07. The Hall–Kier alpha value is -4.72. The van der Waals surface area contributed by atoms with Gasteiger partial charge in [0, 0.05) is 19.7 Å². The maximum Gasteiger partial charge on any atom is 0.331 e. The van der Waals surface area contributed by atoms with Crippen molar-refractivity contribution in [3.8, 4) is 34.2 Å². The first kappa shape index (κ1) is 22.7. The maximum absolute atomic E-state index is 13.7. The number of fused-ring (bicyclic) bond motifs is 5. The summed E-state index contributed by atoms with van der Waals surface area (Å²) in [7, 11) is 4.61. The lowest BCUT2D eigenvalue weighted by atomic mass is 10.0. The molecule has 186 valence electrons. The molecule has 8 nitrogen and oxygen atoms in total. The molecule has 0 saturated carbocycles. The minimum absolute atomic E-state index is 0.0685. The van der Waals surface area contributed by atoms with Crippen LogP contribution < -0.4 is 20.7 Å². The molecule has 3 heterocycles. The van der Waals surface area contributed by atoms with Crippen molar-refractivity contribution in [2.45, 2.75) is 13.0 Å². The van der Waals surface area contributed by atoms with Gasteiger partial charge in [0.15, 0.2) is 17.6 Å². The number of methoxy groups -OCH3 is 1. The summed E-state index contributed by atoms with van der Waals surface area (Å²) in [5, 5.41) is 11.5. The molecule has 0 fully saturated rings. The van der Waals surface area contributed by atoms with Crippen LogP contribution in [0, 0.1) is 6.92 Å². The number of phenolic OH excluding ortho intramolecular Hbond substituents is 1. The van der Waals surface area contributed by atoms with Gasteiger partial charge in [-0.3, -0.25) is 13.9 Å². The highest BCUT2D eigenvalue weighted by Crippen LogP contribution is 2.49. The van der Waals surface area contributed by atoms with Crippen LogP contribution in [0.1, 0.15) is 22.9 Å². The Morgan fingerprint density at radius 2 is 1.65 bits per heavy atom. The fourth-order valence-corrected chi connectivity index (χ4v) is 5.22. The number of para-hydroxylation sites is 3. The van der Waals surface area contributed by atoms with Crippen molar-refractivity contribution in [3.63, 3.8) is 0 Å². The summed E-state index contributed by atoms with van der Waals surface area (Å²) in [4.78, 5) is 26.9. The van der Waals surface area contributed by atoms with E-state index < -0.39 is 17.4 Å². The fourth-order valence-electron chi connectivity index (χ4n) is 5.22. The fraction of sp³-hybridized carbons (Fsp3) is 0.172. The van der Waals surface area contributed by atoms with Crippen LogP contribution in [0.4, 0.5) is 0 Å². The topological polar surface area (TPSA) is 87.6 Å². The van der Waals surface area contributed by atoms with E-state index in [9.17, 15) is 14.7 Å². The van der Waals surface area contributed by atoms with Gasteiger partial charge in [-0.25, -0.2) is 4.79 Å². The highest BCUT2D eigenvalue weighted by Gasteiger charge is 2.37. The van der Waals surface area contributed by atoms with E-state index in [-0.39, 0.29) is 5.75 Å². The number of aromatic hydroxyl groups is 1. The van der Waals surface area contributed by atoms with Gasteiger partial charge in [0.2, 0.25) is 0 Å². The second kappa shape index (κ2) is 8.16. The van der Waals surface area contributed by atoms with Crippen LogP contribution in [0.25, 0.3) is 27.8 Å². The first-order chi connectivity index (χ1) is 17.8. The van der Waals surface area contributed by atoms with Crippen molar-refractivity contribution < 1.29 is 14.6 Å². The van der Waals surface area contributed by atoms with Crippen LogP contribution in [-0.2, 0) is 14.1 Å². The Morgan fingerprint density at radius 3 is 2.38 bits per heavy atom. The van der Waals surface area contributed by atoms with E-state index in [1.54, 1.807) is 25.2 Å². The lowest BCUT2D eigenvalue weighted by molar-refractivity contribution is 0.223. The molecule has 37 heavy (non-hydrogen) atoms. The van der Waals surface area contributed by atoms with E-state index in [2.05, 4.69) is 0 Å². The average Bonchev–Trinajstić information content (AvgIpc) is 3.27. The number of benzene rings is 3. The molecule has 0 saturated heterocycles. The standard InChI is InChI=1S/C29H25N3O5/c1-16-12-14-17(15-13-16)23-22-24(30(2)29(35)31(3)28(22)34)25-27(18-8-7-11-21(36-4)26(18)33)37-20-10-6-5-9-19(20)32(23)25/h5-15,27,33H,1-4H3/t27-/m0/s1. The number of ether oxygens (including phenoxy) is 2. The first-order valence-corrected chi connectivity index (χ1v) is 11.9. The van der Waals surface area contributed by atoms with Gasteiger partial charge in [-0.15, -0.1) is 0 Å². The number of aromatic nitrogens is 3. The monoisotopic (exact) mass is 495 g/mol. The predicted octanol–water partition coefficient (Wildman–Crippen LogP) is 4.20. The zero-order valence-corrected chi connectivity index (χ0v) is 20.9. The molecule has 0 radical (unpaired) electrons. The summed E-state index contributed by atoms with van der Waals surface area (Å²) < 4.78 is 16.5. The van der Waals surface area contributed by atoms with Crippen LogP contribution in [0.5, 0.6) is 17.2 Å². The minimum Gasteiger partial charge on any atom is -0.504 e. The van der Waals surface area contributed by atoms with Crippen LogP contribution in [0.2, 0.25) is 0 Å². The van der Waals surface area contributed by atoms with E-state index >= 15 is 0 Å². The molecule has 5 aromatic rings. The normalized spacial score (nSPS) is 14.2. The molecular weight excluding hydrogens is 470 g/mol. The number of nitrogens with zero attached hydrogens (tertiary/aromatic N) is 3. The molecule has 1 N–H and O–H groups in total. The minimum atomic E-state index is -0.829. The summed E-state index contributed by atoms with van der Waals surface area (Å²) in [5.74, 6) is 0.810. The number of hydrogen-bond acceptors (Lipinski definition) is 5. The smallest absolute Gasteiger partial charge is 0.331 e. The van der Waals surface area contributed by atoms with Gasteiger partial charge in [0.05, 0.1) is 35.1 Å². The Labute approximate surface area is 212 Å². The van der Waals surface area contributed by atoms with E-state index in [4.69, 9.17) is 9.47 Å². The molecule has 1 aliphatic heterocycles. The van der Waals surface area contributed by atoms with E-state index in [0.29, 0.717) is 39.4 Å². The number of hydrogen-bond donors (Lipinski definition) is 1. The van der Waals surface area contributed by atoms with E-state index in [1.165, 1.54) is 18.7 Å². The van der Waals surface area contributed by atoms with Crippen LogP contribution >= 0.6 is 0 Å². The summed E-state index contributed by atoms with van der Waals surface area (Å²) in [6.45, 7) is 2.00. The van der Waals surface area contributed by atoms with E-state index in [1.807, 2.05) is 60.0 Å². The Morgan fingerprint density at radius 1 is 0.919 bits per heavy atom. The second-order valence-corrected chi connectivity index (χ2v) is 9.23. The predicted molar refractivity (Wildman–Crippen MR) is 141 cm³/mol. The van der Waals surface area contributed by atoms with Crippen LogP contribution in [0.3, 0.4) is 0 Å². The third kappa shape index (κ3) is 3.15. The zero-order chi connectivity index (χ0) is 26.0. The molecule has 1 atom stereocenters. The van der Waals surface area contributed by atoms with Gasteiger partial charge in [-0.1, -0.05) is 54.1 Å². The van der Waals surface area contributed by atoms with Crippen molar-refractivity contribution in [2.24, 2.45) is 14.1 Å². The van der Waals surface area contributed by atoms with Gasteiger partial charge in [0.1, 0.15) is 5.75 Å². The van der Waals surface area contributed by atoms with Crippen molar-refractivity contribution >= 4 is 10.9 Å². The van der Waals surface area contributed by atoms with Crippen molar-refractivity contribution in [2.75, 3.05) is 7.11 Å². The third-order valence-corrected chi connectivity index (χ3v) is 7.07. The molecule has 3 aromatic carbocycles. The lowest BCUT2D eigenvalue weighted by Crippen LogP contribution is -2.37. The highest BCUT2D eigenvalue weighted by molar-refractivity contribution is 5.98. The highest BCUT2D eigenvalue weighted by atomic mass is 16.5. The molecular formula is C29H25N3O5. The first-order valence-electron chi connectivity index (χ1n) is 11.9. The van der Waals surface area contributed by atoms with Crippen molar-refractivity contribution in [1.29, 1.82) is 0 Å². The molecule has 0 amide bonds. The molecule has 0 spiro atoms. The van der Waals surface area contributed by atoms with Gasteiger partial charge in [-0.2, -0.15) is 0 Å². The van der Waals surface area contributed by atoms with Crippen LogP contribution in [-0.4, -0.2) is 25.9 Å². The molecule has 0 aliphatic carbocycles. The molecule has 2 aromatic heterocycles. The quantitative estimate of drug-likeness (QED) is 0.405. The SMILES string of the molecule is COc1cccc([C@@H]2Oc3ccccc3-n3c(-c4ccc(C)cc4)c4c(=O)n(C)c(=O)n(C)c4c32)c1O. The number of aryl methyl sites for hydroxylation is 2. The number of rotatable bonds is 3. The number of phenols is 1. The van der Waals surface area contributed by atoms with E-state index in [0.717, 1.165) is 21.4 Å². The summed E-state index contributed by atoms with van der Waals surface area (Å²) in [5.41, 5.74) is 3.93. The second-order valence-electron chi connectivity index (χ2n) is 9.23. The largest absolute Gasteiger partial charge is 0.504 e. The summed E-state index contributed by atoms with van der Waals surface area (Å²) in [6, 6.07) is 20.6. The van der Waals surface area contributed by atoms with Crippen LogP contribution in [0.15, 0.2) is 76.3 Å². The van der Waals surface area contributed by atoms with Gasteiger partial charge < -0.3 is 19.1 Å². The Bertz CT molecular complexity index is 1830. The Balaban J connectivity index is 1.85. The summed E-state index contributed by atoms with van der Waals surface area (Å²) >= 11 is 0. The lowest BCUT2D eigenvalue weighted by Gasteiger charge is -2.30. The van der Waals surface area contributed by atoms with Gasteiger partial charge in [0.25, 0.3) is 5.56 Å². The summed E-state index contributed by atoms with van der Waals surface area (Å²) in [6.07, 6.45) is -0.829. The molecule has 6 rings (SSSR count). The molecule has 1 aliphatic rings. The zero-order valence-electron chi connectivity index (χ0n) is 20.9. The van der Waals surface area contributed by atoms with Crippen molar-refractivity contribution in [3.05, 3.63) is 104 Å². The Kier molecular flexibility index (Phi) is 5.01. The average molecular weight is 496 g/mol. The molecule has 0 unspecified atom stereocenters. The molecule has 8 heteroatoms.